The number of rotatable bonds is 6. The van der Waals surface area contributed by atoms with Crippen LogP contribution in [0.4, 0.5) is 0 Å². The molecular formula is C11H13BrO2S. The maximum Gasteiger partial charge on any atom is 0.151 e. The third kappa shape index (κ3) is 4.36. The second-order valence-electron chi connectivity index (χ2n) is 3.00. The molecule has 1 aromatic carbocycles. The number of aldehydes is 1. The lowest BCUT2D eigenvalue weighted by Crippen LogP contribution is -1.90. The molecule has 0 radical (unpaired) electrons. The van der Waals surface area contributed by atoms with Crippen molar-refractivity contribution >= 4 is 34.0 Å². The Labute approximate surface area is 103 Å². The van der Waals surface area contributed by atoms with E-state index < -0.39 is 0 Å². The van der Waals surface area contributed by atoms with Crippen LogP contribution in [0.2, 0.25) is 0 Å². The summed E-state index contributed by atoms with van der Waals surface area (Å²) in [6.45, 7) is 0.792. The predicted molar refractivity (Wildman–Crippen MR) is 66.7 cm³/mol. The summed E-state index contributed by atoms with van der Waals surface area (Å²) in [7, 11) is 1.71. The zero-order chi connectivity index (χ0) is 11.1. The van der Waals surface area contributed by atoms with Gasteiger partial charge in [0.15, 0.2) is 6.29 Å². The van der Waals surface area contributed by atoms with Gasteiger partial charge < -0.3 is 4.74 Å². The van der Waals surface area contributed by atoms with E-state index in [1.54, 1.807) is 18.9 Å². The van der Waals surface area contributed by atoms with Gasteiger partial charge in [-0.3, -0.25) is 4.79 Å². The van der Waals surface area contributed by atoms with Gasteiger partial charge in [0.25, 0.3) is 0 Å². The molecule has 0 atom stereocenters. The molecule has 0 heterocycles. The van der Waals surface area contributed by atoms with E-state index in [0.717, 1.165) is 29.5 Å². The van der Waals surface area contributed by atoms with Crippen LogP contribution in [-0.4, -0.2) is 25.8 Å². The summed E-state index contributed by atoms with van der Waals surface area (Å²) < 4.78 is 5.83. The van der Waals surface area contributed by atoms with Crippen LogP contribution in [0.15, 0.2) is 27.6 Å². The van der Waals surface area contributed by atoms with Gasteiger partial charge >= 0.3 is 0 Å². The van der Waals surface area contributed by atoms with E-state index >= 15 is 0 Å². The normalized spacial score (nSPS) is 10.3. The summed E-state index contributed by atoms with van der Waals surface area (Å²) in [5.74, 6) is 1.03. The van der Waals surface area contributed by atoms with Crippen LogP contribution in [0.25, 0.3) is 0 Å². The molecule has 0 aliphatic heterocycles. The summed E-state index contributed by atoms with van der Waals surface area (Å²) in [5, 5.41) is 0. The van der Waals surface area contributed by atoms with Gasteiger partial charge in [0.05, 0.1) is 0 Å². The van der Waals surface area contributed by atoms with Crippen molar-refractivity contribution in [2.75, 3.05) is 19.5 Å². The topological polar surface area (TPSA) is 26.3 Å². The van der Waals surface area contributed by atoms with Gasteiger partial charge in [-0.1, -0.05) is 15.9 Å². The quantitative estimate of drug-likeness (QED) is 0.456. The number of halogens is 1. The number of benzene rings is 1. The van der Waals surface area contributed by atoms with Crippen LogP contribution < -0.4 is 0 Å². The van der Waals surface area contributed by atoms with E-state index in [-0.39, 0.29) is 0 Å². The molecule has 0 saturated carbocycles. The summed E-state index contributed by atoms with van der Waals surface area (Å²) >= 11 is 5.13. The first-order chi connectivity index (χ1) is 7.27. The zero-order valence-electron chi connectivity index (χ0n) is 8.53. The highest BCUT2D eigenvalue weighted by atomic mass is 79.9. The summed E-state index contributed by atoms with van der Waals surface area (Å²) in [5.41, 5.74) is 0.691. The Bertz CT molecular complexity index is 328. The smallest absolute Gasteiger partial charge is 0.151 e. The Kier molecular flexibility index (Phi) is 5.98. The average molecular weight is 289 g/mol. The molecule has 0 N–H and O–H groups in total. The van der Waals surface area contributed by atoms with Gasteiger partial charge in [-0.05, 0) is 24.6 Å². The fourth-order valence-electron chi connectivity index (χ4n) is 1.09. The van der Waals surface area contributed by atoms with Crippen LogP contribution in [-0.2, 0) is 4.74 Å². The molecule has 0 aromatic heterocycles. The standard InChI is InChI=1S/C11H13BrO2S/c1-14-5-2-6-15-10-4-3-9(8-13)11(12)7-10/h3-4,7-8H,2,5-6H2,1H3. The first-order valence-electron chi connectivity index (χ1n) is 4.64. The minimum absolute atomic E-state index is 0.691. The van der Waals surface area contributed by atoms with Crippen molar-refractivity contribution in [3.05, 3.63) is 28.2 Å². The Morgan fingerprint density at radius 1 is 1.53 bits per heavy atom. The second-order valence-corrected chi connectivity index (χ2v) is 5.02. The predicted octanol–water partition coefficient (Wildman–Crippen LogP) is 3.39. The van der Waals surface area contributed by atoms with Crippen LogP contribution in [0.1, 0.15) is 16.8 Å². The zero-order valence-corrected chi connectivity index (χ0v) is 10.9. The lowest BCUT2D eigenvalue weighted by atomic mass is 10.2. The van der Waals surface area contributed by atoms with Gasteiger partial charge in [-0.15, -0.1) is 11.8 Å². The van der Waals surface area contributed by atoms with Crippen LogP contribution in [0.3, 0.4) is 0 Å². The molecule has 4 heteroatoms. The van der Waals surface area contributed by atoms with Crippen LogP contribution in [0.5, 0.6) is 0 Å². The number of hydrogen-bond acceptors (Lipinski definition) is 3. The van der Waals surface area contributed by atoms with E-state index in [9.17, 15) is 4.79 Å². The van der Waals surface area contributed by atoms with Crippen molar-refractivity contribution in [1.82, 2.24) is 0 Å². The molecule has 0 fully saturated rings. The Hall–Kier alpha value is -0.320. The molecular weight excluding hydrogens is 276 g/mol. The van der Waals surface area contributed by atoms with Crippen molar-refractivity contribution in [3.8, 4) is 0 Å². The van der Waals surface area contributed by atoms with Crippen molar-refractivity contribution in [2.45, 2.75) is 11.3 Å². The summed E-state index contributed by atoms with van der Waals surface area (Å²) in [6.07, 6.45) is 1.89. The van der Waals surface area contributed by atoms with Gasteiger partial charge in [0.1, 0.15) is 0 Å². The molecule has 0 aliphatic rings. The summed E-state index contributed by atoms with van der Waals surface area (Å²) in [4.78, 5) is 11.8. The molecule has 0 amide bonds. The van der Waals surface area contributed by atoms with Crippen LogP contribution >= 0.6 is 27.7 Å². The molecule has 15 heavy (non-hydrogen) atoms. The van der Waals surface area contributed by atoms with Crippen molar-refractivity contribution in [3.63, 3.8) is 0 Å². The highest BCUT2D eigenvalue weighted by Crippen LogP contribution is 2.24. The maximum atomic E-state index is 10.6. The molecule has 0 spiro atoms. The molecule has 0 bridgehead atoms. The lowest BCUT2D eigenvalue weighted by Gasteiger charge is -2.03. The number of hydrogen-bond donors (Lipinski definition) is 0. The lowest BCUT2D eigenvalue weighted by molar-refractivity contribution is 0.112. The van der Waals surface area contributed by atoms with Crippen LogP contribution in [0, 0.1) is 0 Å². The van der Waals surface area contributed by atoms with Gasteiger partial charge in [0, 0.05) is 34.4 Å². The number of carbonyl (C=O) groups is 1. The molecule has 2 nitrogen and oxygen atoms in total. The van der Waals surface area contributed by atoms with E-state index in [1.807, 2.05) is 18.2 Å². The fourth-order valence-corrected chi connectivity index (χ4v) is 2.57. The minimum atomic E-state index is 0.691. The molecule has 1 rings (SSSR count). The van der Waals surface area contributed by atoms with E-state index in [4.69, 9.17) is 4.74 Å². The average Bonchev–Trinajstić information content (AvgIpc) is 2.25. The Morgan fingerprint density at radius 2 is 2.33 bits per heavy atom. The summed E-state index contributed by atoms with van der Waals surface area (Å²) in [6, 6.07) is 5.77. The first-order valence-corrected chi connectivity index (χ1v) is 6.42. The van der Waals surface area contributed by atoms with E-state index in [2.05, 4.69) is 15.9 Å². The monoisotopic (exact) mass is 288 g/mol. The number of thioether (sulfide) groups is 1. The largest absolute Gasteiger partial charge is 0.385 e. The van der Waals surface area contributed by atoms with E-state index in [1.165, 1.54) is 4.90 Å². The molecule has 82 valence electrons. The molecule has 0 unspecified atom stereocenters. The first kappa shape index (κ1) is 12.7. The van der Waals surface area contributed by atoms with Gasteiger partial charge in [-0.2, -0.15) is 0 Å². The Morgan fingerprint density at radius 3 is 2.93 bits per heavy atom. The highest BCUT2D eigenvalue weighted by molar-refractivity contribution is 9.10. The minimum Gasteiger partial charge on any atom is -0.385 e. The van der Waals surface area contributed by atoms with Gasteiger partial charge in [-0.25, -0.2) is 0 Å². The third-order valence-corrected chi connectivity index (χ3v) is 3.63. The number of methoxy groups -OCH3 is 1. The molecule has 0 aliphatic carbocycles. The highest BCUT2D eigenvalue weighted by Gasteiger charge is 2.00. The SMILES string of the molecule is COCCCSc1ccc(C=O)c(Br)c1. The molecule has 1 aromatic rings. The van der Waals surface area contributed by atoms with Crippen molar-refractivity contribution < 1.29 is 9.53 Å². The number of carbonyl (C=O) groups excluding carboxylic acids is 1. The fraction of sp³-hybridized carbons (Fsp3) is 0.364. The van der Waals surface area contributed by atoms with Gasteiger partial charge in [0.2, 0.25) is 0 Å². The Balaban J connectivity index is 2.48. The number of ether oxygens (including phenoxy) is 1. The van der Waals surface area contributed by atoms with Crippen molar-refractivity contribution in [2.24, 2.45) is 0 Å². The second kappa shape index (κ2) is 7.04. The van der Waals surface area contributed by atoms with E-state index in [0.29, 0.717) is 5.56 Å². The van der Waals surface area contributed by atoms with Crippen molar-refractivity contribution in [1.29, 1.82) is 0 Å². The third-order valence-electron chi connectivity index (χ3n) is 1.86. The maximum absolute atomic E-state index is 10.6. The molecule has 0 saturated heterocycles.